The van der Waals surface area contributed by atoms with E-state index in [1.54, 1.807) is 0 Å². The van der Waals surface area contributed by atoms with E-state index < -0.39 is 28.3 Å². The van der Waals surface area contributed by atoms with Gasteiger partial charge in [-0.25, -0.2) is 0 Å². The molecule has 0 atom stereocenters. The highest BCUT2D eigenvalue weighted by molar-refractivity contribution is 5.84. The number of aromatic amines is 1. The van der Waals surface area contributed by atoms with Crippen molar-refractivity contribution in [3.05, 3.63) is 39.6 Å². The number of nitro benzene ring substituents is 1. The number of aryl methyl sites for hydroxylation is 1. The number of rotatable bonds is 4. The van der Waals surface area contributed by atoms with E-state index in [9.17, 15) is 28.1 Å². The van der Waals surface area contributed by atoms with Gasteiger partial charge in [-0.2, -0.15) is 13.2 Å². The minimum absolute atomic E-state index is 0.0771. The van der Waals surface area contributed by atoms with Crippen LogP contribution in [0.25, 0.3) is 10.9 Å². The molecule has 2 rings (SSSR count). The molecule has 0 saturated heterocycles. The number of H-pyrrole nitrogens is 1. The second-order valence-corrected chi connectivity index (χ2v) is 4.40. The Morgan fingerprint density at radius 1 is 1.33 bits per heavy atom. The van der Waals surface area contributed by atoms with Crippen molar-refractivity contribution in [2.75, 3.05) is 0 Å². The van der Waals surface area contributed by atoms with Crippen molar-refractivity contribution < 1.29 is 28.0 Å². The summed E-state index contributed by atoms with van der Waals surface area (Å²) in [6, 6.07) is 2.90. The van der Waals surface area contributed by atoms with E-state index in [-0.39, 0.29) is 23.7 Å². The van der Waals surface area contributed by atoms with Gasteiger partial charge >= 0.3 is 12.1 Å². The Hall–Kier alpha value is -2.58. The number of nitro groups is 1. The maximum atomic E-state index is 12.8. The van der Waals surface area contributed by atoms with Crippen LogP contribution in [-0.2, 0) is 17.4 Å². The Balaban J connectivity index is 2.52. The number of aliphatic carboxylic acids is 1. The molecule has 1 heterocycles. The van der Waals surface area contributed by atoms with Crippen molar-refractivity contribution in [2.24, 2.45) is 0 Å². The normalized spacial score (nSPS) is 11.8. The van der Waals surface area contributed by atoms with Gasteiger partial charge in [-0.3, -0.25) is 14.9 Å². The van der Waals surface area contributed by atoms with Crippen LogP contribution in [-0.4, -0.2) is 21.0 Å². The third-order valence-corrected chi connectivity index (χ3v) is 2.90. The lowest BCUT2D eigenvalue weighted by molar-refractivity contribution is -0.387. The van der Waals surface area contributed by atoms with Gasteiger partial charge in [0.25, 0.3) is 5.69 Å². The summed E-state index contributed by atoms with van der Waals surface area (Å²) in [5.74, 6) is -1.05. The molecule has 1 aromatic heterocycles. The van der Waals surface area contributed by atoms with Gasteiger partial charge in [0.1, 0.15) is 5.56 Å². The van der Waals surface area contributed by atoms with Crippen molar-refractivity contribution in [3.8, 4) is 0 Å². The largest absolute Gasteiger partial charge is 0.481 e. The summed E-state index contributed by atoms with van der Waals surface area (Å²) < 4.78 is 38.4. The lowest BCUT2D eigenvalue weighted by Crippen LogP contribution is -2.08. The zero-order valence-corrected chi connectivity index (χ0v) is 10.4. The van der Waals surface area contributed by atoms with Gasteiger partial charge < -0.3 is 10.1 Å². The van der Waals surface area contributed by atoms with Crippen LogP contribution in [0.2, 0.25) is 0 Å². The lowest BCUT2D eigenvalue weighted by atomic mass is 10.1. The first kappa shape index (κ1) is 14.8. The first-order valence-electron chi connectivity index (χ1n) is 5.77. The highest BCUT2D eigenvalue weighted by atomic mass is 19.4. The highest BCUT2D eigenvalue weighted by Crippen LogP contribution is 2.38. The standard InChI is InChI=1S/C12H9F3N2O4/c13-12(14,15)8-5-9-6(4-10(8)17(20)21)3-7(16-9)1-2-11(18)19/h3-5,16H,1-2H2,(H,18,19). The molecule has 0 amide bonds. The summed E-state index contributed by atoms with van der Waals surface area (Å²) in [7, 11) is 0. The van der Waals surface area contributed by atoms with Crippen LogP contribution < -0.4 is 0 Å². The van der Waals surface area contributed by atoms with Crippen LogP contribution in [0.1, 0.15) is 17.7 Å². The van der Waals surface area contributed by atoms with Gasteiger partial charge in [0.2, 0.25) is 0 Å². The Morgan fingerprint density at radius 3 is 2.52 bits per heavy atom. The number of fused-ring (bicyclic) bond motifs is 1. The van der Waals surface area contributed by atoms with Gasteiger partial charge in [0.15, 0.2) is 0 Å². The molecule has 2 aromatic rings. The molecule has 0 aliphatic rings. The number of nitrogens with one attached hydrogen (secondary N) is 1. The zero-order chi connectivity index (χ0) is 15.8. The molecule has 0 saturated carbocycles. The molecule has 2 N–H and O–H groups in total. The van der Waals surface area contributed by atoms with Crippen LogP contribution in [0, 0.1) is 10.1 Å². The average Bonchev–Trinajstić information content (AvgIpc) is 2.75. The number of carboxylic acids is 1. The summed E-state index contributed by atoms with van der Waals surface area (Å²) in [4.78, 5) is 22.8. The maximum absolute atomic E-state index is 12.8. The number of hydrogen-bond acceptors (Lipinski definition) is 3. The highest BCUT2D eigenvalue weighted by Gasteiger charge is 2.38. The molecule has 0 radical (unpaired) electrons. The maximum Gasteiger partial charge on any atom is 0.423 e. The molecule has 0 aliphatic heterocycles. The third kappa shape index (κ3) is 3.12. The van der Waals surface area contributed by atoms with Crippen LogP contribution in [0.5, 0.6) is 0 Å². The van der Waals surface area contributed by atoms with Crippen molar-refractivity contribution in [1.29, 1.82) is 0 Å². The van der Waals surface area contributed by atoms with Crippen LogP contribution >= 0.6 is 0 Å². The first-order valence-corrected chi connectivity index (χ1v) is 5.77. The first-order chi connectivity index (χ1) is 9.68. The summed E-state index contributed by atoms with van der Waals surface area (Å²) in [6.07, 6.45) is -4.94. The van der Waals surface area contributed by atoms with E-state index in [1.165, 1.54) is 6.07 Å². The van der Waals surface area contributed by atoms with E-state index in [2.05, 4.69) is 4.98 Å². The number of benzene rings is 1. The van der Waals surface area contributed by atoms with E-state index in [1.807, 2.05) is 0 Å². The van der Waals surface area contributed by atoms with Crippen molar-refractivity contribution in [3.63, 3.8) is 0 Å². The molecule has 21 heavy (non-hydrogen) atoms. The molecular weight excluding hydrogens is 293 g/mol. The Bertz CT molecular complexity index is 721. The fraction of sp³-hybridized carbons (Fsp3) is 0.250. The Kier molecular flexibility index (Phi) is 3.58. The second-order valence-electron chi connectivity index (χ2n) is 4.40. The van der Waals surface area contributed by atoms with E-state index >= 15 is 0 Å². The third-order valence-electron chi connectivity index (χ3n) is 2.90. The zero-order valence-electron chi connectivity index (χ0n) is 10.4. The molecule has 0 bridgehead atoms. The second kappa shape index (κ2) is 5.08. The minimum atomic E-state index is -4.84. The minimum Gasteiger partial charge on any atom is -0.481 e. The quantitative estimate of drug-likeness (QED) is 0.670. The summed E-state index contributed by atoms with van der Waals surface area (Å²) in [6.45, 7) is 0. The number of carboxylic acid groups (broad SMARTS) is 1. The van der Waals surface area contributed by atoms with E-state index in [4.69, 9.17) is 5.11 Å². The molecule has 0 spiro atoms. The Labute approximate surface area is 115 Å². The predicted octanol–water partition coefficient (Wildman–Crippen LogP) is 3.11. The molecule has 0 unspecified atom stereocenters. The molecule has 9 heteroatoms. The van der Waals surface area contributed by atoms with Gasteiger partial charge in [0.05, 0.1) is 11.3 Å². The van der Waals surface area contributed by atoms with E-state index in [0.29, 0.717) is 11.8 Å². The van der Waals surface area contributed by atoms with Gasteiger partial charge in [-0.05, 0) is 18.6 Å². The fourth-order valence-corrected chi connectivity index (χ4v) is 1.98. The molecule has 6 nitrogen and oxygen atoms in total. The van der Waals surface area contributed by atoms with Gasteiger partial charge in [-0.15, -0.1) is 0 Å². The fourth-order valence-electron chi connectivity index (χ4n) is 1.98. The summed E-state index contributed by atoms with van der Waals surface area (Å²) >= 11 is 0. The number of alkyl halides is 3. The van der Waals surface area contributed by atoms with Gasteiger partial charge in [0, 0.05) is 22.7 Å². The van der Waals surface area contributed by atoms with Crippen LogP contribution in [0.4, 0.5) is 18.9 Å². The summed E-state index contributed by atoms with van der Waals surface area (Å²) in [5.41, 5.74) is -1.89. The number of carbonyl (C=O) groups is 1. The smallest absolute Gasteiger partial charge is 0.423 e. The number of aromatic nitrogens is 1. The van der Waals surface area contributed by atoms with E-state index in [0.717, 1.165) is 6.07 Å². The molecule has 0 fully saturated rings. The monoisotopic (exact) mass is 302 g/mol. The number of nitrogens with zero attached hydrogens (tertiary/aromatic N) is 1. The predicted molar refractivity (Wildman–Crippen MR) is 65.9 cm³/mol. The van der Waals surface area contributed by atoms with Crippen molar-refractivity contribution >= 4 is 22.6 Å². The lowest BCUT2D eigenvalue weighted by Gasteiger charge is -2.07. The summed E-state index contributed by atoms with van der Waals surface area (Å²) in [5, 5.41) is 19.5. The molecule has 1 aromatic carbocycles. The van der Waals surface area contributed by atoms with Crippen LogP contribution in [0.15, 0.2) is 18.2 Å². The average molecular weight is 302 g/mol. The molecule has 112 valence electrons. The SMILES string of the molecule is O=C(O)CCc1cc2cc([N+](=O)[O-])c(C(F)(F)F)cc2[nH]1. The Morgan fingerprint density at radius 2 is 2.00 bits per heavy atom. The van der Waals surface area contributed by atoms with Crippen LogP contribution in [0.3, 0.4) is 0 Å². The van der Waals surface area contributed by atoms with Crippen molar-refractivity contribution in [2.45, 2.75) is 19.0 Å². The number of halogens is 3. The van der Waals surface area contributed by atoms with Crippen molar-refractivity contribution in [1.82, 2.24) is 4.98 Å². The van der Waals surface area contributed by atoms with Gasteiger partial charge in [-0.1, -0.05) is 0 Å². The molecular formula is C12H9F3N2O4. The topological polar surface area (TPSA) is 96.2 Å². The number of hydrogen-bond donors (Lipinski definition) is 2. The molecule has 0 aliphatic carbocycles.